The fraction of sp³-hybridized carbons (Fsp3) is 0.190. The van der Waals surface area contributed by atoms with Crippen molar-refractivity contribution in [3.05, 3.63) is 67.1 Å². The Hall–Kier alpha value is -3.50. The van der Waals surface area contributed by atoms with Crippen molar-refractivity contribution in [1.29, 1.82) is 0 Å². The van der Waals surface area contributed by atoms with Gasteiger partial charge in [0.05, 0.1) is 18.6 Å². The number of anilines is 1. The highest BCUT2D eigenvalue weighted by atomic mass is 32.2. The molecule has 0 saturated carbocycles. The second kappa shape index (κ2) is 9.54. The van der Waals surface area contributed by atoms with Crippen molar-refractivity contribution in [3.8, 4) is 17.1 Å². The summed E-state index contributed by atoms with van der Waals surface area (Å²) in [4.78, 5) is 15.5. The van der Waals surface area contributed by atoms with E-state index in [1.807, 2.05) is 0 Å². The van der Waals surface area contributed by atoms with Crippen LogP contribution in [0.25, 0.3) is 11.4 Å². The minimum atomic E-state index is -3.87. The highest BCUT2D eigenvalue weighted by Gasteiger charge is 2.26. The molecule has 1 aromatic heterocycles. The number of sulfonamides is 1. The Morgan fingerprint density at radius 2 is 1.87 bits per heavy atom. The van der Waals surface area contributed by atoms with Gasteiger partial charge in [0.25, 0.3) is 0 Å². The molecule has 0 bridgehead atoms. The van der Waals surface area contributed by atoms with Crippen LogP contribution in [-0.2, 0) is 21.4 Å². The van der Waals surface area contributed by atoms with Gasteiger partial charge in [-0.3, -0.25) is 4.79 Å². The molecule has 0 saturated heterocycles. The van der Waals surface area contributed by atoms with Gasteiger partial charge in [0.15, 0.2) is 0 Å². The molecular formula is C21H22N4O5S. The lowest BCUT2D eigenvalue weighted by atomic mass is 10.2. The van der Waals surface area contributed by atoms with Crippen molar-refractivity contribution in [2.45, 2.75) is 18.4 Å². The van der Waals surface area contributed by atoms with E-state index >= 15 is 0 Å². The Labute approximate surface area is 180 Å². The molecule has 9 nitrogen and oxygen atoms in total. The average molecular weight is 442 g/mol. The van der Waals surface area contributed by atoms with E-state index in [-0.39, 0.29) is 29.8 Å². The summed E-state index contributed by atoms with van der Waals surface area (Å²) < 4.78 is 37.8. The summed E-state index contributed by atoms with van der Waals surface area (Å²) in [6.07, 6.45) is 1.48. The van der Waals surface area contributed by atoms with Crippen LogP contribution in [0.4, 0.5) is 5.69 Å². The SMILES string of the molecule is C=CCN(Cc1nc(-c2ccc(OC)cc2)no1)S(=O)(=O)c1ccc(NC(C)=O)cc1. The Morgan fingerprint density at radius 1 is 1.19 bits per heavy atom. The second-order valence-electron chi connectivity index (χ2n) is 6.53. The minimum Gasteiger partial charge on any atom is -0.497 e. The topological polar surface area (TPSA) is 115 Å². The molecule has 2 aromatic carbocycles. The molecule has 31 heavy (non-hydrogen) atoms. The van der Waals surface area contributed by atoms with Crippen LogP contribution in [0.1, 0.15) is 12.8 Å². The van der Waals surface area contributed by atoms with Gasteiger partial charge in [-0.1, -0.05) is 11.2 Å². The van der Waals surface area contributed by atoms with Crippen molar-refractivity contribution in [1.82, 2.24) is 14.4 Å². The van der Waals surface area contributed by atoms with Gasteiger partial charge in [0.1, 0.15) is 5.75 Å². The molecule has 1 N–H and O–H groups in total. The zero-order valence-corrected chi connectivity index (χ0v) is 17.9. The lowest BCUT2D eigenvalue weighted by molar-refractivity contribution is -0.114. The lowest BCUT2D eigenvalue weighted by Crippen LogP contribution is -2.31. The smallest absolute Gasteiger partial charge is 0.243 e. The third-order valence-corrected chi connectivity index (χ3v) is 6.10. The number of ether oxygens (including phenoxy) is 1. The Morgan fingerprint density at radius 3 is 2.45 bits per heavy atom. The van der Waals surface area contributed by atoms with Crippen LogP contribution in [0.5, 0.6) is 5.75 Å². The Bertz CT molecular complexity index is 1160. The summed E-state index contributed by atoms with van der Waals surface area (Å²) in [6.45, 7) is 4.94. The molecule has 1 heterocycles. The summed E-state index contributed by atoms with van der Waals surface area (Å²) in [5.41, 5.74) is 1.21. The number of hydrogen-bond donors (Lipinski definition) is 1. The van der Waals surface area contributed by atoms with Crippen LogP contribution in [0, 0.1) is 0 Å². The van der Waals surface area contributed by atoms with Gasteiger partial charge in [-0.2, -0.15) is 9.29 Å². The molecule has 10 heteroatoms. The minimum absolute atomic E-state index is 0.0516. The number of nitrogens with one attached hydrogen (secondary N) is 1. The Balaban J connectivity index is 1.81. The van der Waals surface area contributed by atoms with Gasteiger partial charge >= 0.3 is 0 Å². The molecule has 0 spiro atoms. The molecule has 162 valence electrons. The zero-order valence-electron chi connectivity index (χ0n) is 17.1. The normalized spacial score (nSPS) is 11.3. The molecule has 0 aliphatic heterocycles. The molecule has 0 aliphatic carbocycles. The Kier molecular flexibility index (Phi) is 6.83. The van der Waals surface area contributed by atoms with Crippen LogP contribution < -0.4 is 10.1 Å². The monoisotopic (exact) mass is 442 g/mol. The zero-order chi connectivity index (χ0) is 22.4. The van der Waals surface area contributed by atoms with Gasteiger partial charge in [0.2, 0.25) is 27.6 Å². The van der Waals surface area contributed by atoms with E-state index < -0.39 is 10.0 Å². The van der Waals surface area contributed by atoms with Crippen LogP contribution in [0.15, 0.2) is 70.6 Å². The highest BCUT2D eigenvalue weighted by molar-refractivity contribution is 7.89. The fourth-order valence-corrected chi connectivity index (χ4v) is 4.14. The molecule has 0 unspecified atom stereocenters. The number of hydrogen-bond acceptors (Lipinski definition) is 7. The van der Waals surface area contributed by atoms with E-state index in [4.69, 9.17) is 9.26 Å². The average Bonchev–Trinajstić information content (AvgIpc) is 3.22. The van der Waals surface area contributed by atoms with E-state index in [0.717, 1.165) is 0 Å². The van der Waals surface area contributed by atoms with Gasteiger partial charge in [-0.25, -0.2) is 8.42 Å². The van der Waals surface area contributed by atoms with Crippen LogP contribution in [0.2, 0.25) is 0 Å². The van der Waals surface area contributed by atoms with Crippen molar-refractivity contribution in [2.24, 2.45) is 0 Å². The maximum absolute atomic E-state index is 13.1. The van der Waals surface area contributed by atoms with Crippen LogP contribution in [-0.4, -0.2) is 42.4 Å². The largest absolute Gasteiger partial charge is 0.497 e. The van der Waals surface area contributed by atoms with Gasteiger partial charge in [-0.05, 0) is 48.5 Å². The quantitative estimate of drug-likeness (QED) is 0.507. The van der Waals surface area contributed by atoms with Crippen LogP contribution in [0.3, 0.4) is 0 Å². The molecule has 0 aliphatic rings. The number of carbonyl (C=O) groups is 1. The van der Waals surface area contributed by atoms with E-state index in [1.54, 1.807) is 31.4 Å². The van der Waals surface area contributed by atoms with Gasteiger partial charge in [0, 0.05) is 24.7 Å². The molecule has 3 rings (SSSR count). The standard InChI is InChI=1S/C21H22N4O5S/c1-4-13-25(31(27,28)19-11-7-17(8-12-19)22-15(2)26)14-20-23-21(24-30-20)16-5-9-18(29-3)10-6-16/h4-12H,1,13-14H2,2-3H3,(H,22,26). The number of benzene rings is 2. The summed E-state index contributed by atoms with van der Waals surface area (Å²) in [6, 6.07) is 13.0. The molecule has 0 radical (unpaired) electrons. The van der Waals surface area contributed by atoms with E-state index in [0.29, 0.717) is 22.8 Å². The molecule has 1 amide bonds. The van der Waals surface area contributed by atoms with Crippen molar-refractivity contribution >= 4 is 21.6 Å². The summed E-state index contributed by atoms with van der Waals surface area (Å²) in [7, 11) is -2.29. The lowest BCUT2D eigenvalue weighted by Gasteiger charge is -2.19. The summed E-state index contributed by atoms with van der Waals surface area (Å²) in [5, 5.41) is 6.53. The van der Waals surface area contributed by atoms with Crippen LogP contribution >= 0.6 is 0 Å². The number of aromatic nitrogens is 2. The third kappa shape index (κ3) is 5.36. The molecular weight excluding hydrogens is 420 g/mol. The molecule has 0 atom stereocenters. The molecule has 0 fully saturated rings. The highest BCUT2D eigenvalue weighted by Crippen LogP contribution is 2.23. The summed E-state index contributed by atoms with van der Waals surface area (Å²) in [5.74, 6) is 0.938. The summed E-state index contributed by atoms with van der Waals surface area (Å²) >= 11 is 0. The van der Waals surface area contributed by atoms with Gasteiger partial charge < -0.3 is 14.6 Å². The van der Waals surface area contributed by atoms with Crippen molar-refractivity contribution in [2.75, 3.05) is 19.0 Å². The number of methoxy groups -OCH3 is 1. The second-order valence-corrected chi connectivity index (χ2v) is 8.47. The fourth-order valence-electron chi connectivity index (χ4n) is 2.78. The first-order chi connectivity index (χ1) is 14.8. The predicted octanol–water partition coefficient (Wildman–Crippen LogP) is 3.08. The number of carbonyl (C=O) groups excluding carboxylic acids is 1. The molecule has 3 aromatic rings. The van der Waals surface area contributed by atoms with Crippen molar-refractivity contribution in [3.63, 3.8) is 0 Å². The van der Waals surface area contributed by atoms with E-state index in [1.165, 1.54) is 41.6 Å². The first-order valence-electron chi connectivity index (χ1n) is 9.29. The van der Waals surface area contributed by atoms with E-state index in [9.17, 15) is 13.2 Å². The first-order valence-corrected chi connectivity index (χ1v) is 10.7. The third-order valence-electron chi connectivity index (χ3n) is 4.27. The maximum Gasteiger partial charge on any atom is 0.243 e. The van der Waals surface area contributed by atoms with Gasteiger partial charge in [-0.15, -0.1) is 6.58 Å². The first kappa shape index (κ1) is 22.2. The number of nitrogens with zero attached hydrogens (tertiary/aromatic N) is 3. The number of amides is 1. The number of rotatable bonds is 9. The maximum atomic E-state index is 13.1. The predicted molar refractivity (Wildman–Crippen MR) is 115 cm³/mol. The van der Waals surface area contributed by atoms with Crippen molar-refractivity contribution < 1.29 is 22.5 Å². The van der Waals surface area contributed by atoms with E-state index in [2.05, 4.69) is 22.0 Å².